The molecule has 0 aliphatic carbocycles. The number of nitro benzene ring substituents is 1. The predicted octanol–water partition coefficient (Wildman–Crippen LogP) is 5.65. The zero-order valence-electron chi connectivity index (χ0n) is 17.0. The average molecular weight is 490 g/mol. The van der Waals surface area contributed by atoms with Crippen molar-refractivity contribution in [3.63, 3.8) is 0 Å². The van der Waals surface area contributed by atoms with Gasteiger partial charge in [0.05, 0.1) is 9.83 Å². The molecule has 0 spiro atoms. The number of thiocarbonyl (C=S) groups is 1. The first-order valence-electron chi connectivity index (χ1n) is 9.89. The van der Waals surface area contributed by atoms with Crippen molar-refractivity contribution in [2.45, 2.75) is 25.7 Å². The van der Waals surface area contributed by atoms with Gasteiger partial charge in [0.2, 0.25) is 5.91 Å². The predicted molar refractivity (Wildman–Crippen MR) is 132 cm³/mol. The molecule has 0 aromatic heterocycles. The fourth-order valence-electron chi connectivity index (χ4n) is 3.03. The number of benzene rings is 2. The minimum absolute atomic E-state index is 0.0262. The Morgan fingerprint density at radius 2 is 1.81 bits per heavy atom. The van der Waals surface area contributed by atoms with Gasteiger partial charge in [-0.15, -0.1) is 0 Å². The molecule has 0 unspecified atom stereocenters. The highest BCUT2D eigenvalue weighted by Crippen LogP contribution is 2.33. The lowest BCUT2D eigenvalue weighted by Crippen LogP contribution is -2.29. The first kappa shape index (κ1) is 23.9. The molecule has 1 aliphatic rings. The van der Waals surface area contributed by atoms with E-state index in [9.17, 15) is 19.7 Å². The molecule has 2 aromatic rings. The van der Waals surface area contributed by atoms with Crippen molar-refractivity contribution >= 4 is 69.2 Å². The van der Waals surface area contributed by atoms with E-state index in [1.807, 2.05) is 12.1 Å². The van der Waals surface area contributed by atoms with Crippen LogP contribution in [-0.2, 0) is 9.59 Å². The molecule has 1 heterocycles. The molecule has 3 rings (SSSR count). The second-order valence-electron chi connectivity index (χ2n) is 7.05. The Labute approximate surface area is 200 Å². The summed E-state index contributed by atoms with van der Waals surface area (Å²) in [5.74, 6) is -0.263. The minimum Gasteiger partial charge on any atom is -0.326 e. The molecule has 7 nitrogen and oxygen atoms in total. The summed E-state index contributed by atoms with van der Waals surface area (Å²) in [6.45, 7) is 0.507. The number of nitrogens with one attached hydrogen (secondary N) is 1. The Hall–Kier alpha value is -2.75. The average Bonchev–Trinajstić information content (AvgIpc) is 3.02. The number of anilines is 1. The molecule has 1 fully saturated rings. The van der Waals surface area contributed by atoms with Crippen LogP contribution in [0, 0.1) is 10.1 Å². The van der Waals surface area contributed by atoms with Gasteiger partial charge < -0.3 is 5.32 Å². The van der Waals surface area contributed by atoms with Gasteiger partial charge >= 0.3 is 0 Å². The van der Waals surface area contributed by atoms with Crippen LogP contribution < -0.4 is 5.32 Å². The van der Waals surface area contributed by atoms with Gasteiger partial charge in [0.25, 0.3) is 11.6 Å². The molecule has 0 bridgehead atoms. The number of unbranched alkanes of at least 4 members (excludes halogenated alkanes) is 2. The maximum absolute atomic E-state index is 12.6. The van der Waals surface area contributed by atoms with Gasteiger partial charge in [-0.3, -0.25) is 24.6 Å². The van der Waals surface area contributed by atoms with Gasteiger partial charge in [-0.1, -0.05) is 54.1 Å². The summed E-state index contributed by atoms with van der Waals surface area (Å²) in [7, 11) is 0. The first-order chi connectivity index (χ1) is 15.3. The summed E-state index contributed by atoms with van der Waals surface area (Å²) >= 11 is 12.5. The van der Waals surface area contributed by atoms with E-state index in [1.165, 1.54) is 36.0 Å². The van der Waals surface area contributed by atoms with Crippen molar-refractivity contribution < 1.29 is 14.5 Å². The SMILES string of the molecule is O=C(CCCCCN1C(=O)/C(=C/c2ccc(Cl)cc2)SC1=S)Nc1ccc([N+](=O)[O-])cc1. The van der Waals surface area contributed by atoms with E-state index in [0.29, 0.717) is 39.3 Å². The number of rotatable bonds is 9. The van der Waals surface area contributed by atoms with Crippen molar-refractivity contribution in [3.05, 3.63) is 74.1 Å². The number of carbonyl (C=O) groups excluding carboxylic acids is 2. The van der Waals surface area contributed by atoms with Crippen molar-refractivity contribution in [1.29, 1.82) is 0 Å². The van der Waals surface area contributed by atoms with E-state index >= 15 is 0 Å². The molecule has 0 radical (unpaired) electrons. The van der Waals surface area contributed by atoms with E-state index in [-0.39, 0.29) is 17.5 Å². The molecule has 0 saturated carbocycles. The van der Waals surface area contributed by atoms with Crippen LogP contribution in [0.25, 0.3) is 6.08 Å². The number of hydrogen-bond acceptors (Lipinski definition) is 6. The largest absolute Gasteiger partial charge is 0.326 e. The lowest BCUT2D eigenvalue weighted by Gasteiger charge is -2.14. The van der Waals surface area contributed by atoms with Crippen molar-refractivity contribution in [2.24, 2.45) is 0 Å². The zero-order valence-corrected chi connectivity index (χ0v) is 19.3. The topological polar surface area (TPSA) is 92.6 Å². The Morgan fingerprint density at radius 1 is 1.12 bits per heavy atom. The quantitative estimate of drug-likeness (QED) is 0.161. The van der Waals surface area contributed by atoms with Gasteiger partial charge in [0.15, 0.2) is 0 Å². The number of non-ortho nitro benzene ring substituents is 1. The molecular formula is C22H20ClN3O4S2. The summed E-state index contributed by atoms with van der Waals surface area (Å²) < 4.78 is 0.533. The molecule has 1 saturated heterocycles. The van der Waals surface area contributed by atoms with E-state index in [0.717, 1.165) is 18.4 Å². The van der Waals surface area contributed by atoms with Crippen molar-refractivity contribution in [2.75, 3.05) is 11.9 Å². The van der Waals surface area contributed by atoms with Crippen LogP contribution in [0.4, 0.5) is 11.4 Å². The number of nitrogens with zero attached hydrogens (tertiary/aromatic N) is 2. The normalized spacial score (nSPS) is 14.8. The molecular weight excluding hydrogens is 470 g/mol. The third-order valence-corrected chi connectivity index (χ3v) is 6.32. The van der Waals surface area contributed by atoms with Crippen LogP contribution in [0.3, 0.4) is 0 Å². The van der Waals surface area contributed by atoms with Crippen molar-refractivity contribution in [1.82, 2.24) is 4.90 Å². The maximum Gasteiger partial charge on any atom is 0.269 e. The van der Waals surface area contributed by atoms with Crippen LogP contribution in [0.15, 0.2) is 53.4 Å². The Bertz CT molecular complexity index is 1060. The fourth-order valence-corrected chi connectivity index (χ4v) is 4.46. The summed E-state index contributed by atoms with van der Waals surface area (Å²) in [5.41, 5.74) is 1.38. The van der Waals surface area contributed by atoms with E-state index in [4.69, 9.17) is 23.8 Å². The highest BCUT2D eigenvalue weighted by molar-refractivity contribution is 8.26. The Balaban J connectivity index is 1.40. The van der Waals surface area contributed by atoms with Gasteiger partial charge in [0, 0.05) is 35.8 Å². The molecule has 166 valence electrons. The summed E-state index contributed by atoms with van der Waals surface area (Å²) in [6.07, 6.45) is 4.28. The standard InChI is InChI=1S/C22H20ClN3O4S2/c23-16-7-5-15(6-8-16)14-19-21(28)25(22(31)32-19)13-3-1-2-4-20(27)24-17-9-11-18(12-10-17)26(29)30/h5-12,14H,1-4,13H2,(H,24,27)/b19-14-. The lowest BCUT2D eigenvalue weighted by molar-refractivity contribution is -0.384. The molecule has 1 N–H and O–H groups in total. The Kier molecular flexibility index (Phi) is 8.38. The van der Waals surface area contributed by atoms with Gasteiger partial charge in [-0.05, 0) is 48.7 Å². The second-order valence-corrected chi connectivity index (χ2v) is 9.16. The third-order valence-electron chi connectivity index (χ3n) is 4.69. The number of thioether (sulfide) groups is 1. The lowest BCUT2D eigenvalue weighted by atomic mass is 10.1. The minimum atomic E-state index is -0.489. The summed E-state index contributed by atoms with van der Waals surface area (Å²) in [5, 5.41) is 14.0. The molecule has 0 atom stereocenters. The van der Waals surface area contributed by atoms with Crippen LogP contribution in [0.5, 0.6) is 0 Å². The van der Waals surface area contributed by atoms with E-state index < -0.39 is 4.92 Å². The number of carbonyl (C=O) groups is 2. The summed E-state index contributed by atoms with van der Waals surface area (Å²) in [4.78, 5) is 37.0. The first-order valence-corrected chi connectivity index (χ1v) is 11.5. The smallest absolute Gasteiger partial charge is 0.269 e. The third kappa shape index (κ3) is 6.62. The van der Waals surface area contributed by atoms with E-state index in [1.54, 1.807) is 23.1 Å². The monoisotopic (exact) mass is 489 g/mol. The highest BCUT2D eigenvalue weighted by atomic mass is 35.5. The van der Waals surface area contributed by atoms with Gasteiger partial charge in [-0.2, -0.15) is 0 Å². The Morgan fingerprint density at radius 3 is 2.47 bits per heavy atom. The second kappa shape index (κ2) is 11.2. The van der Waals surface area contributed by atoms with Gasteiger partial charge in [0.1, 0.15) is 4.32 Å². The number of halogens is 1. The fraction of sp³-hybridized carbons (Fsp3) is 0.227. The van der Waals surface area contributed by atoms with Crippen LogP contribution in [0.1, 0.15) is 31.2 Å². The molecule has 10 heteroatoms. The van der Waals surface area contributed by atoms with E-state index in [2.05, 4.69) is 5.32 Å². The number of nitro groups is 1. The molecule has 32 heavy (non-hydrogen) atoms. The van der Waals surface area contributed by atoms with Crippen LogP contribution in [0.2, 0.25) is 5.02 Å². The van der Waals surface area contributed by atoms with Crippen LogP contribution in [-0.4, -0.2) is 32.5 Å². The number of amides is 2. The van der Waals surface area contributed by atoms with Crippen LogP contribution >= 0.6 is 35.6 Å². The van der Waals surface area contributed by atoms with Crippen molar-refractivity contribution in [3.8, 4) is 0 Å². The highest BCUT2D eigenvalue weighted by Gasteiger charge is 2.31. The zero-order chi connectivity index (χ0) is 23.1. The maximum atomic E-state index is 12.6. The summed E-state index contributed by atoms with van der Waals surface area (Å²) in [6, 6.07) is 12.9. The molecule has 1 aliphatic heterocycles. The molecule has 2 amide bonds. The van der Waals surface area contributed by atoms with Gasteiger partial charge in [-0.25, -0.2) is 0 Å². The number of hydrogen-bond donors (Lipinski definition) is 1. The molecule has 2 aromatic carbocycles.